The van der Waals surface area contributed by atoms with Crippen LogP contribution in [-0.4, -0.2) is 29.1 Å². The molecule has 0 radical (unpaired) electrons. The highest BCUT2D eigenvalue weighted by Crippen LogP contribution is 2.02. The Kier molecular flexibility index (Phi) is 5.26. The average Bonchev–Trinajstić information content (AvgIpc) is 2.27. The molecule has 0 unspecified atom stereocenters. The fraction of sp³-hybridized carbons (Fsp3) is 0.375. The van der Waals surface area contributed by atoms with Gasteiger partial charge in [-0.3, -0.25) is 9.80 Å². The van der Waals surface area contributed by atoms with Crippen LogP contribution in [0.15, 0.2) is 0 Å². The van der Waals surface area contributed by atoms with Crippen LogP contribution < -0.4 is 0 Å². The molecule has 15 heavy (non-hydrogen) atoms. The van der Waals surface area contributed by atoms with Gasteiger partial charge in [0.25, 0.3) is 0 Å². The lowest BCUT2D eigenvalue weighted by Gasteiger charge is -2.24. The summed E-state index contributed by atoms with van der Waals surface area (Å²) in [5.41, 5.74) is 0. The number of rotatable bonds is 4. The van der Waals surface area contributed by atoms with Crippen molar-refractivity contribution in [3.05, 3.63) is 0 Å². The predicted octanol–water partition coefficient (Wildman–Crippen LogP) is -0.551. The van der Waals surface area contributed by atoms with Crippen LogP contribution in [0.25, 0.3) is 0 Å². The van der Waals surface area contributed by atoms with Crippen LogP contribution >= 0.6 is 0 Å². The van der Waals surface area contributed by atoms with Crippen molar-refractivity contribution in [3.8, 4) is 30.6 Å². The molecule has 0 spiro atoms. The molecule has 72 valence electrons. The van der Waals surface area contributed by atoms with Crippen molar-refractivity contribution in [2.24, 2.45) is 0 Å². The van der Waals surface area contributed by atoms with Gasteiger partial charge in [0, 0.05) is 0 Å². The van der Waals surface area contributed by atoms with Gasteiger partial charge in [-0.2, -0.15) is 26.3 Å². The van der Waals surface area contributed by atoms with E-state index in [1.54, 1.807) is 30.6 Å². The van der Waals surface area contributed by atoms with Crippen molar-refractivity contribution in [1.29, 1.82) is 26.3 Å². The van der Waals surface area contributed by atoms with Gasteiger partial charge < -0.3 is 0 Å². The minimum Gasteiger partial charge on any atom is -0.261 e. The van der Waals surface area contributed by atoms with Crippen molar-refractivity contribution in [2.75, 3.05) is 13.1 Å². The van der Waals surface area contributed by atoms with Crippen molar-refractivity contribution < 1.29 is 0 Å². The molecule has 0 aromatic carbocycles. The molecule has 0 fully saturated rings. The van der Waals surface area contributed by atoms with Crippen LogP contribution in [0.5, 0.6) is 0 Å². The second-order valence-electron chi connectivity index (χ2n) is 2.27. The third-order valence-corrected chi connectivity index (χ3v) is 1.44. The Morgan fingerprint density at radius 3 is 1.40 bits per heavy atom. The Morgan fingerprint density at radius 2 is 1.20 bits per heavy atom. The average molecular weight is 199 g/mol. The van der Waals surface area contributed by atoms with E-state index in [9.17, 15) is 0 Å². The van der Waals surface area contributed by atoms with E-state index in [1.165, 1.54) is 0 Å². The van der Waals surface area contributed by atoms with Crippen LogP contribution in [0, 0.1) is 56.9 Å². The highest BCUT2D eigenvalue weighted by Gasteiger charge is 2.23. The lowest BCUT2D eigenvalue weighted by molar-refractivity contribution is 0.211. The summed E-state index contributed by atoms with van der Waals surface area (Å²) in [4.78, 5) is 1.64. The number of hydrogen-bond acceptors (Lipinski definition) is 7. The molecule has 7 nitrogen and oxygen atoms in total. The van der Waals surface area contributed by atoms with Gasteiger partial charge >= 0.3 is 0 Å². The fourth-order valence-electron chi connectivity index (χ4n) is 0.813. The first-order valence-corrected chi connectivity index (χ1v) is 3.71. The van der Waals surface area contributed by atoms with E-state index in [4.69, 9.17) is 26.3 Å². The largest absolute Gasteiger partial charge is 0.261 e. The van der Waals surface area contributed by atoms with Crippen molar-refractivity contribution in [2.45, 2.75) is 6.17 Å². The molecule has 0 atom stereocenters. The van der Waals surface area contributed by atoms with E-state index in [2.05, 4.69) is 0 Å². The van der Waals surface area contributed by atoms with Gasteiger partial charge in [0.05, 0.1) is 12.1 Å². The zero-order chi connectivity index (χ0) is 11.7. The first-order chi connectivity index (χ1) is 7.24. The van der Waals surface area contributed by atoms with Crippen molar-refractivity contribution in [3.63, 3.8) is 0 Å². The molecule has 0 saturated heterocycles. The standard InChI is InChI=1S/C8H5N7/c9-1-3-14(6-12)8(5-11)15(7-13)4-2-10/h8H,3-4H2. The van der Waals surface area contributed by atoms with E-state index in [1.807, 2.05) is 0 Å². The molecular formula is C8H5N7. The van der Waals surface area contributed by atoms with Gasteiger partial charge in [-0.25, -0.2) is 0 Å². The summed E-state index contributed by atoms with van der Waals surface area (Å²) >= 11 is 0. The Bertz CT molecular complexity index is 373. The highest BCUT2D eigenvalue weighted by atomic mass is 15.3. The minimum absolute atomic E-state index is 0.307. The lowest BCUT2D eigenvalue weighted by atomic mass is 10.4. The van der Waals surface area contributed by atoms with Crippen LogP contribution in [-0.2, 0) is 0 Å². The maximum absolute atomic E-state index is 8.73. The SMILES string of the molecule is N#CCN(C#N)C(C#N)N(C#N)CC#N. The molecule has 7 heteroatoms. The van der Waals surface area contributed by atoms with Crippen LogP contribution in [0.4, 0.5) is 0 Å². The van der Waals surface area contributed by atoms with E-state index in [0.29, 0.717) is 0 Å². The molecule has 0 aromatic heterocycles. The Morgan fingerprint density at radius 1 is 0.800 bits per heavy atom. The second-order valence-corrected chi connectivity index (χ2v) is 2.27. The third-order valence-electron chi connectivity index (χ3n) is 1.44. The molecule has 0 N–H and O–H groups in total. The van der Waals surface area contributed by atoms with Crippen LogP contribution in [0.3, 0.4) is 0 Å². The van der Waals surface area contributed by atoms with Crippen LogP contribution in [0.1, 0.15) is 0 Å². The quantitative estimate of drug-likeness (QED) is 0.257. The molecule has 0 aliphatic carbocycles. The molecule has 0 aromatic rings. The molecule has 0 heterocycles. The molecule has 0 aliphatic rings. The predicted molar refractivity (Wildman–Crippen MR) is 45.3 cm³/mol. The smallest absolute Gasteiger partial charge is 0.210 e. The van der Waals surface area contributed by atoms with Gasteiger partial charge in [0.15, 0.2) is 12.4 Å². The topological polar surface area (TPSA) is 125 Å². The van der Waals surface area contributed by atoms with Crippen LogP contribution in [0.2, 0.25) is 0 Å². The maximum Gasteiger partial charge on any atom is 0.210 e. The number of nitriles is 5. The van der Waals surface area contributed by atoms with Gasteiger partial charge in [0.2, 0.25) is 6.17 Å². The Hall–Kier alpha value is -2.95. The van der Waals surface area contributed by atoms with Gasteiger partial charge in [0.1, 0.15) is 19.2 Å². The van der Waals surface area contributed by atoms with E-state index < -0.39 is 6.17 Å². The summed E-state index contributed by atoms with van der Waals surface area (Å²) < 4.78 is 0. The normalized spacial score (nSPS) is 7.47. The summed E-state index contributed by atoms with van der Waals surface area (Å²) in [6, 6.07) is 5.05. The zero-order valence-electron chi connectivity index (χ0n) is 7.62. The Balaban J connectivity index is 4.85. The fourth-order valence-corrected chi connectivity index (χ4v) is 0.813. The summed E-state index contributed by atoms with van der Waals surface area (Å²) in [5.74, 6) is 0. The third kappa shape index (κ3) is 3.11. The summed E-state index contributed by atoms with van der Waals surface area (Å²) in [6.45, 7) is -0.614. The number of nitrogens with zero attached hydrogens (tertiary/aromatic N) is 7. The molecule has 0 saturated carbocycles. The van der Waals surface area contributed by atoms with Gasteiger partial charge in [-0.15, -0.1) is 0 Å². The summed E-state index contributed by atoms with van der Waals surface area (Å²) in [7, 11) is 0. The molecule has 0 aliphatic heterocycles. The van der Waals surface area contributed by atoms with E-state index in [0.717, 1.165) is 9.80 Å². The zero-order valence-corrected chi connectivity index (χ0v) is 7.62. The summed E-state index contributed by atoms with van der Waals surface area (Å²) in [6.07, 6.45) is 2.02. The first kappa shape index (κ1) is 12.0. The second kappa shape index (κ2) is 6.55. The van der Waals surface area contributed by atoms with Gasteiger partial charge in [-0.05, 0) is 0 Å². The Labute approximate surface area is 86.8 Å². The van der Waals surface area contributed by atoms with Gasteiger partial charge in [-0.1, -0.05) is 0 Å². The van der Waals surface area contributed by atoms with Crippen molar-refractivity contribution in [1.82, 2.24) is 9.80 Å². The molecule has 0 amide bonds. The maximum atomic E-state index is 8.73. The molecule has 0 rings (SSSR count). The first-order valence-electron chi connectivity index (χ1n) is 3.71. The van der Waals surface area contributed by atoms with Crippen molar-refractivity contribution >= 4 is 0 Å². The minimum atomic E-state index is -1.21. The summed E-state index contributed by atoms with van der Waals surface area (Å²) in [5, 5.41) is 42.7. The van der Waals surface area contributed by atoms with E-state index >= 15 is 0 Å². The van der Waals surface area contributed by atoms with E-state index in [-0.39, 0.29) is 13.1 Å². The number of hydrogen-bond donors (Lipinski definition) is 0. The monoisotopic (exact) mass is 199 g/mol. The highest BCUT2D eigenvalue weighted by molar-refractivity contribution is 5.04. The molecular weight excluding hydrogens is 194 g/mol. The lowest BCUT2D eigenvalue weighted by Crippen LogP contribution is -2.43. The molecule has 0 bridgehead atoms.